The van der Waals surface area contributed by atoms with E-state index in [2.05, 4.69) is 108 Å². The second-order valence-corrected chi connectivity index (χ2v) is 43.3. The zero-order valence-electron chi connectivity index (χ0n) is 42.3. The summed E-state index contributed by atoms with van der Waals surface area (Å²) >= 11 is 17.8. The number of hydrogen-bond donors (Lipinski definition) is 4. The first-order valence-electron chi connectivity index (χ1n) is 28.0. The summed E-state index contributed by atoms with van der Waals surface area (Å²) in [7, 11) is -16.1. The van der Waals surface area contributed by atoms with Crippen LogP contribution in [0.4, 0.5) is 0 Å². The van der Waals surface area contributed by atoms with Gasteiger partial charge in [-0.1, -0.05) is 13.8 Å². The van der Waals surface area contributed by atoms with Crippen molar-refractivity contribution in [3.63, 3.8) is 0 Å². The van der Waals surface area contributed by atoms with E-state index in [9.17, 15) is 51.9 Å². The first-order chi connectivity index (χ1) is 34.9. The highest BCUT2D eigenvalue weighted by molar-refractivity contribution is 8.09. The predicted octanol–water partition coefficient (Wildman–Crippen LogP) is 10.1. The van der Waals surface area contributed by atoms with Crippen molar-refractivity contribution in [2.75, 3.05) is 23.0 Å². The molecular weight excluding hydrogens is 1180 g/mol. The van der Waals surface area contributed by atoms with E-state index in [1.165, 1.54) is 25.7 Å². The Kier molecular flexibility index (Phi) is 16.8. The molecule has 4 saturated carbocycles. The molecule has 4 aliphatic carbocycles. The van der Waals surface area contributed by atoms with Gasteiger partial charge in [0.05, 0.1) is 23.0 Å². The fraction of sp³-hybridized carbons (Fsp3) is 1.00. The SMILES string of the molecule is CC1CC2C(CCCS(=O)(=O)O)C3CC(C4CC5C(CCCS(=O)(=O)O)C6CC(C7CC8C(CCCS(=O)(=O)O)C9CC(C%10CC%11C(CCCS(=O)(=O)O)C%12CC(C)SC%12C%11S%10)SC9C8S7)SC6C5S4)SC3C2S1. The van der Waals surface area contributed by atoms with E-state index >= 15 is 0 Å². The lowest BCUT2D eigenvalue weighted by molar-refractivity contribution is 0.257. The fourth-order valence-corrected chi connectivity index (χ4v) is 38.5. The Morgan fingerprint density at radius 1 is 0.297 bits per heavy atom. The Hall–Kier alpha value is 2.44. The molecule has 8 aliphatic heterocycles. The zero-order valence-corrected chi connectivity index (χ0v) is 52.1. The normalized spacial score (nSPS) is 51.1. The molecule has 24 heteroatoms. The molecule has 74 heavy (non-hydrogen) atoms. The van der Waals surface area contributed by atoms with Gasteiger partial charge in [-0.25, -0.2) is 0 Å². The van der Waals surface area contributed by atoms with Crippen LogP contribution >= 0.6 is 94.1 Å². The molecule has 28 unspecified atom stereocenters. The van der Waals surface area contributed by atoms with E-state index in [4.69, 9.17) is 0 Å². The van der Waals surface area contributed by atoms with Crippen LogP contribution in [-0.2, 0) is 40.5 Å². The third-order valence-electron chi connectivity index (χ3n) is 21.1. The van der Waals surface area contributed by atoms with Gasteiger partial charge in [-0.05, 0) is 174 Å². The smallest absolute Gasteiger partial charge is 0.264 e. The van der Waals surface area contributed by atoms with E-state index in [0.29, 0.717) is 181 Å². The summed E-state index contributed by atoms with van der Waals surface area (Å²) in [5.74, 6) is 5.69. The van der Waals surface area contributed by atoms with Gasteiger partial charge in [-0.3, -0.25) is 18.2 Å². The van der Waals surface area contributed by atoms with E-state index in [1.807, 2.05) is 0 Å². The Labute approximate surface area is 476 Å². The van der Waals surface area contributed by atoms with Gasteiger partial charge in [0.25, 0.3) is 40.5 Å². The highest BCUT2D eigenvalue weighted by Gasteiger charge is 2.66. The lowest BCUT2D eigenvalue weighted by atomic mass is 9.78. The van der Waals surface area contributed by atoms with Gasteiger partial charge in [0, 0.05) is 84.0 Å². The first kappa shape index (κ1) is 56.9. The van der Waals surface area contributed by atoms with Crippen LogP contribution < -0.4 is 0 Å². The topological polar surface area (TPSA) is 217 Å². The van der Waals surface area contributed by atoms with Gasteiger partial charge in [0.1, 0.15) is 0 Å². The third kappa shape index (κ3) is 11.6. The Bertz CT molecular complexity index is 2370. The minimum atomic E-state index is -4.06. The minimum Gasteiger partial charge on any atom is -0.286 e. The number of rotatable bonds is 19. The molecule has 0 amide bonds. The van der Waals surface area contributed by atoms with Gasteiger partial charge >= 0.3 is 0 Å². The molecule has 28 atom stereocenters. The largest absolute Gasteiger partial charge is 0.286 e. The van der Waals surface area contributed by atoms with Gasteiger partial charge in [0.15, 0.2) is 0 Å². The second-order valence-electron chi connectivity index (χ2n) is 25.2. The molecule has 12 nitrogen and oxygen atoms in total. The quantitative estimate of drug-likeness (QED) is 0.0884. The number of hydrogen-bond acceptors (Lipinski definition) is 16. The first-order valence-corrected chi connectivity index (χ1v) is 42.0. The van der Waals surface area contributed by atoms with E-state index in [1.54, 1.807) is 0 Å². The van der Waals surface area contributed by atoms with Crippen LogP contribution in [0, 0.1) is 71.0 Å². The average molecular weight is 1260 g/mol. The number of thioether (sulfide) groups is 8. The van der Waals surface area contributed by atoms with Gasteiger partial charge < -0.3 is 0 Å². The molecule has 4 N–H and O–H groups in total. The molecule has 12 fully saturated rings. The maximum Gasteiger partial charge on any atom is 0.264 e. The molecule has 12 rings (SSSR count). The van der Waals surface area contributed by atoms with Crippen molar-refractivity contribution in [1.29, 1.82) is 0 Å². The molecule has 8 saturated heterocycles. The van der Waals surface area contributed by atoms with Crippen molar-refractivity contribution in [3.8, 4) is 0 Å². The monoisotopic (exact) mass is 1250 g/mol. The molecule has 0 bridgehead atoms. The van der Waals surface area contributed by atoms with Gasteiger partial charge in [-0.15, -0.1) is 0 Å². The Morgan fingerprint density at radius 2 is 0.473 bits per heavy atom. The fourth-order valence-electron chi connectivity index (χ4n) is 18.8. The molecule has 422 valence electrons. The highest BCUT2D eigenvalue weighted by atomic mass is 32.2. The van der Waals surface area contributed by atoms with E-state index < -0.39 is 40.5 Å². The van der Waals surface area contributed by atoms with Crippen LogP contribution in [0.3, 0.4) is 0 Å². The van der Waals surface area contributed by atoms with Crippen LogP contribution in [0.1, 0.15) is 117 Å². The maximum atomic E-state index is 12.1. The lowest BCUT2D eigenvalue weighted by Crippen LogP contribution is -2.26. The highest BCUT2D eigenvalue weighted by Crippen LogP contribution is 2.72. The summed E-state index contributed by atoms with van der Waals surface area (Å²) in [6.45, 7) is 4.68. The van der Waals surface area contributed by atoms with Crippen LogP contribution in [0.25, 0.3) is 0 Å². The van der Waals surface area contributed by atoms with E-state index in [-0.39, 0.29) is 23.0 Å². The standard InChI is InChI=1S/C50H78O12S12/c1-23-15-29-25(7-3-11-71(51,52)53)31-17-37(65-45(31)43(29)63-23)39-19-33-27(9-5-13-73(57,58)59)35-21-41(69-49(35)47(33)67-39)42-22-36-28(10-6-14-74(60,61)62)34-20-40(68-48(34)50(36)70-42)38-18-32-26(8-4-12-72(54,55)56)30-16-24(2)64-44(30)46(32)66-38/h23-50H,3-22H2,1-2H3,(H,51,52,53)(H,54,55,56)(H,57,58,59)(H,60,61,62). The van der Waals surface area contributed by atoms with Crippen molar-refractivity contribution in [2.24, 2.45) is 71.0 Å². The summed E-state index contributed by atoms with van der Waals surface area (Å²) in [6.07, 6.45) is 14.7. The molecule has 12 aliphatic rings. The second kappa shape index (κ2) is 21.8. The van der Waals surface area contributed by atoms with Crippen molar-refractivity contribution in [3.05, 3.63) is 0 Å². The molecule has 0 spiro atoms. The van der Waals surface area contributed by atoms with Crippen LogP contribution in [0.2, 0.25) is 0 Å². The Balaban J connectivity index is 0.727. The van der Waals surface area contributed by atoms with Crippen molar-refractivity contribution in [1.82, 2.24) is 0 Å². The zero-order chi connectivity index (χ0) is 52.0. The predicted molar refractivity (Wildman–Crippen MR) is 314 cm³/mol. The van der Waals surface area contributed by atoms with Crippen LogP contribution in [0.5, 0.6) is 0 Å². The molecule has 0 aromatic rings. The van der Waals surface area contributed by atoms with Crippen LogP contribution in [0.15, 0.2) is 0 Å². The van der Waals surface area contributed by atoms with Crippen LogP contribution in [-0.4, -0.2) is 159 Å². The molecule has 0 aromatic heterocycles. The van der Waals surface area contributed by atoms with Gasteiger partial charge in [0.2, 0.25) is 0 Å². The molecular formula is C50H78O12S12. The summed E-state index contributed by atoms with van der Waals surface area (Å²) in [6, 6.07) is 0. The third-order valence-corrected chi connectivity index (χ3v) is 39.7. The summed E-state index contributed by atoms with van der Waals surface area (Å²) in [5, 5.41) is 8.91. The summed E-state index contributed by atoms with van der Waals surface area (Å²) in [5.41, 5.74) is 0. The van der Waals surface area contributed by atoms with E-state index in [0.717, 1.165) is 51.4 Å². The molecule has 8 heterocycles. The summed E-state index contributed by atoms with van der Waals surface area (Å²) < 4.78 is 134. The summed E-state index contributed by atoms with van der Waals surface area (Å²) in [4.78, 5) is 0. The van der Waals surface area contributed by atoms with Gasteiger partial charge in [-0.2, -0.15) is 128 Å². The Morgan fingerprint density at radius 3 is 0.662 bits per heavy atom. The van der Waals surface area contributed by atoms with Crippen molar-refractivity contribution in [2.45, 2.75) is 201 Å². The average Bonchev–Trinajstić information content (AvgIpc) is 4.12. The lowest BCUT2D eigenvalue weighted by Gasteiger charge is -2.28. The molecule has 0 aromatic carbocycles. The van der Waals surface area contributed by atoms with Crippen molar-refractivity contribution >= 4 is 135 Å². The number of fused-ring (bicyclic) bond motifs is 12. The van der Waals surface area contributed by atoms with Crippen molar-refractivity contribution < 1.29 is 51.9 Å². The minimum absolute atomic E-state index is 0.159. The maximum absolute atomic E-state index is 12.1. The molecule has 0 radical (unpaired) electrons.